The van der Waals surface area contributed by atoms with Crippen LogP contribution in [-0.2, 0) is 14.3 Å². The van der Waals surface area contributed by atoms with Crippen molar-refractivity contribution in [3.05, 3.63) is 12.3 Å². The van der Waals surface area contributed by atoms with E-state index < -0.39 is 0 Å². The fourth-order valence-corrected chi connectivity index (χ4v) is 6.73. The van der Waals surface area contributed by atoms with Crippen LogP contribution in [-0.4, -0.2) is 18.2 Å². The molecule has 23 heavy (non-hydrogen) atoms. The van der Waals surface area contributed by atoms with Gasteiger partial charge in [-0.25, -0.2) is 0 Å². The van der Waals surface area contributed by atoms with Crippen LogP contribution < -0.4 is 0 Å². The van der Waals surface area contributed by atoms with Crippen molar-refractivity contribution in [1.29, 1.82) is 0 Å². The number of esters is 1. The second kappa shape index (κ2) is 5.26. The van der Waals surface area contributed by atoms with E-state index in [9.17, 15) is 4.79 Å². The number of carbonyl (C=O) groups is 1. The zero-order valence-corrected chi connectivity index (χ0v) is 14.7. The standard InChI is InChI=1S/C20H30O3/c1-13(21)23-18-8-6-15-14-5-7-17-19(2,10-4-12-22-17)16(14)9-11-20(15,18)3/h4,12,14-18H,5-11H2,1-3H3. The van der Waals surface area contributed by atoms with Gasteiger partial charge in [-0.2, -0.15) is 0 Å². The van der Waals surface area contributed by atoms with Gasteiger partial charge in [0.2, 0.25) is 0 Å². The Labute approximate surface area is 139 Å². The highest BCUT2D eigenvalue weighted by Gasteiger charge is 2.60. The van der Waals surface area contributed by atoms with Gasteiger partial charge in [0, 0.05) is 17.8 Å². The molecule has 0 saturated heterocycles. The summed E-state index contributed by atoms with van der Waals surface area (Å²) < 4.78 is 11.7. The lowest BCUT2D eigenvalue weighted by atomic mass is 9.48. The van der Waals surface area contributed by atoms with Gasteiger partial charge < -0.3 is 9.47 Å². The molecule has 0 N–H and O–H groups in total. The lowest BCUT2D eigenvalue weighted by Crippen LogP contribution is -2.55. The smallest absolute Gasteiger partial charge is 0.302 e. The van der Waals surface area contributed by atoms with Crippen molar-refractivity contribution in [2.45, 2.75) is 77.9 Å². The molecule has 7 unspecified atom stereocenters. The van der Waals surface area contributed by atoms with Gasteiger partial charge in [-0.1, -0.05) is 13.8 Å². The SMILES string of the molecule is CC(=O)OC1CCC2C3CCC4OC=CCC4(C)C3CCC12C. The molecule has 128 valence electrons. The number of ether oxygens (including phenoxy) is 2. The maximum Gasteiger partial charge on any atom is 0.302 e. The maximum atomic E-state index is 11.5. The Hall–Kier alpha value is -0.990. The van der Waals surface area contributed by atoms with Crippen molar-refractivity contribution in [1.82, 2.24) is 0 Å². The van der Waals surface area contributed by atoms with Gasteiger partial charge in [0.05, 0.1) is 6.26 Å². The number of rotatable bonds is 1. The topological polar surface area (TPSA) is 35.5 Å². The molecule has 0 aromatic heterocycles. The highest BCUT2D eigenvalue weighted by Crippen LogP contribution is 2.64. The molecule has 3 saturated carbocycles. The van der Waals surface area contributed by atoms with Crippen LogP contribution in [0.1, 0.15) is 65.7 Å². The van der Waals surface area contributed by atoms with Crippen molar-refractivity contribution < 1.29 is 14.3 Å². The van der Waals surface area contributed by atoms with Crippen LogP contribution in [0.15, 0.2) is 12.3 Å². The van der Waals surface area contributed by atoms with Crippen LogP contribution in [0.2, 0.25) is 0 Å². The molecule has 3 heteroatoms. The Bertz CT molecular complexity index is 527. The fraction of sp³-hybridized carbons (Fsp3) is 0.850. The first-order valence-electron chi connectivity index (χ1n) is 9.43. The number of carbonyl (C=O) groups excluding carboxylic acids is 1. The maximum absolute atomic E-state index is 11.5. The normalized spacial score (nSPS) is 51.2. The van der Waals surface area contributed by atoms with E-state index in [2.05, 4.69) is 19.9 Å². The molecule has 7 atom stereocenters. The van der Waals surface area contributed by atoms with Crippen LogP contribution in [0.25, 0.3) is 0 Å². The van der Waals surface area contributed by atoms with Crippen LogP contribution in [0, 0.1) is 28.6 Å². The van der Waals surface area contributed by atoms with Crippen molar-refractivity contribution >= 4 is 5.97 Å². The van der Waals surface area contributed by atoms with Gasteiger partial charge in [-0.3, -0.25) is 4.79 Å². The minimum atomic E-state index is -0.111. The highest BCUT2D eigenvalue weighted by molar-refractivity contribution is 5.66. The Morgan fingerprint density at radius 3 is 2.65 bits per heavy atom. The Kier molecular flexibility index (Phi) is 3.55. The van der Waals surface area contributed by atoms with Crippen LogP contribution in [0.5, 0.6) is 0 Å². The summed E-state index contributed by atoms with van der Waals surface area (Å²) >= 11 is 0. The largest absolute Gasteiger partial charge is 0.498 e. The van der Waals surface area contributed by atoms with E-state index in [1.807, 2.05) is 6.26 Å². The molecule has 4 rings (SSSR count). The molecule has 0 aromatic carbocycles. The highest BCUT2D eigenvalue weighted by atomic mass is 16.5. The second-order valence-corrected chi connectivity index (χ2v) is 8.88. The lowest BCUT2D eigenvalue weighted by Gasteiger charge is -2.58. The molecule has 0 aromatic rings. The predicted octanol–water partition coefficient (Wildman–Crippen LogP) is 4.46. The monoisotopic (exact) mass is 318 g/mol. The molecule has 1 heterocycles. The first-order chi connectivity index (χ1) is 10.9. The van der Waals surface area contributed by atoms with Crippen molar-refractivity contribution in [3.63, 3.8) is 0 Å². The first kappa shape index (κ1) is 15.5. The van der Waals surface area contributed by atoms with E-state index in [1.165, 1.54) is 32.1 Å². The van der Waals surface area contributed by atoms with E-state index in [1.54, 1.807) is 6.92 Å². The molecule has 1 aliphatic heterocycles. The molecule has 4 aliphatic rings. The van der Waals surface area contributed by atoms with Crippen LogP contribution in [0.3, 0.4) is 0 Å². The van der Waals surface area contributed by atoms with Crippen LogP contribution in [0.4, 0.5) is 0 Å². The van der Waals surface area contributed by atoms with E-state index in [0.717, 1.165) is 24.7 Å². The Balaban J connectivity index is 1.60. The third-order valence-electron chi connectivity index (χ3n) is 7.90. The lowest BCUT2D eigenvalue weighted by molar-refractivity contribution is -0.164. The Morgan fingerprint density at radius 1 is 1.09 bits per heavy atom. The third kappa shape index (κ3) is 2.18. The summed E-state index contributed by atoms with van der Waals surface area (Å²) in [4.78, 5) is 11.5. The number of hydrogen-bond donors (Lipinski definition) is 0. The predicted molar refractivity (Wildman–Crippen MR) is 88.6 cm³/mol. The molecule has 0 radical (unpaired) electrons. The molecule has 3 nitrogen and oxygen atoms in total. The molecule has 0 bridgehead atoms. The van der Waals surface area contributed by atoms with Gasteiger partial charge in [0.15, 0.2) is 0 Å². The third-order valence-corrected chi connectivity index (χ3v) is 7.90. The number of allylic oxidation sites excluding steroid dienone is 1. The van der Waals surface area contributed by atoms with Crippen molar-refractivity contribution in [2.75, 3.05) is 0 Å². The van der Waals surface area contributed by atoms with E-state index >= 15 is 0 Å². The summed E-state index contributed by atoms with van der Waals surface area (Å²) in [5.41, 5.74) is 0.500. The van der Waals surface area contributed by atoms with E-state index in [4.69, 9.17) is 9.47 Å². The van der Waals surface area contributed by atoms with Crippen molar-refractivity contribution in [2.24, 2.45) is 28.6 Å². The zero-order chi connectivity index (χ0) is 16.2. The summed E-state index contributed by atoms with van der Waals surface area (Å²) in [7, 11) is 0. The molecular weight excluding hydrogens is 288 g/mol. The van der Waals surface area contributed by atoms with E-state index in [-0.39, 0.29) is 17.5 Å². The first-order valence-corrected chi connectivity index (χ1v) is 9.43. The number of fused-ring (bicyclic) bond motifs is 5. The molecule has 3 fully saturated rings. The minimum absolute atomic E-state index is 0.111. The summed E-state index contributed by atoms with van der Waals surface area (Å²) in [6.07, 6.45) is 13.1. The fourth-order valence-electron chi connectivity index (χ4n) is 6.73. The van der Waals surface area contributed by atoms with Gasteiger partial charge in [-0.05, 0) is 68.8 Å². The average Bonchev–Trinajstić information content (AvgIpc) is 2.83. The average molecular weight is 318 g/mol. The summed E-state index contributed by atoms with van der Waals surface area (Å²) in [6, 6.07) is 0. The van der Waals surface area contributed by atoms with Gasteiger partial charge in [0.1, 0.15) is 12.2 Å². The summed E-state index contributed by atoms with van der Waals surface area (Å²) in [5.74, 6) is 2.15. The second-order valence-electron chi connectivity index (χ2n) is 8.88. The van der Waals surface area contributed by atoms with E-state index in [0.29, 0.717) is 17.4 Å². The Morgan fingerprint density at radius 2 is 1.87 bits per heavy atom. The number of hydrogen-bond acceptors (Lipinski definition) is 3. The van der Waals surface area contributed by atoms with Gasteiger partial charge in [-0.15, -0.1) is 0 Å². The van der Waals surface area contributed by atoms with Crippen LogP contribution >= 0.6 is 0 Å². The van der Waals surface area contributed by atoms with Gasteiger partial charge >= 0.3 is 5.97 Å². The van der Waals surface area contributed by atoms with Crippen molar-refractivity contribution in [3.8, 4) is 0 Å². The molecular formula is C20H30O3. The summed E-state index contributed by atoms with van der Waals surface area (Å²) in [6.45, 7) is 6.40. The van der Waals surface area contributed by atoms with Gasteiger partial charge in [0.25, 0.3) is 0 Å². The minimum Gasteiger partial charge on any atom is -0.498 e. The zero-order valence-electron chi connectivity index (χ0n) is 14.7. The summed E-state index contributed by atoms with van der Waals surface area (Å²) in [5, 5.41) is 0. The molecule has 0 amide bonds. The molecule has 3 aliphatic carbocycles. The quantitative estimate of drug-likeness (QED) is 0.669. The molecule has 0 spiro atoms.